The first-order chi connectivity index (χ1) is 15.0. The van der Waals surface area contributed by atoms with Gasteiger partial charge >= 0.3 is 0 Å². The van der Waals surface area contributed by atoms with Crippen LogP contribution in [0.3, 0.4) is 0 Å². The molecule has 3 atom stereocenters. The van der Waals surface area contributed by atoms with Gasteiger partial charge in [0.15, 0.2) is 0 Å². The maximum absolute atomic E-state index is 10.7. The zero-order chi connectivity index (χ0) is 21.5. The molecule has 4 aromatic rings. The first-order valence-corrected chi connectivity index (χ1v) is 10.3. The van der Waals surface area contributed by atoms with Crippen LogP contribution in [-0.4, -0.2) is 49.0 Å². The molecule has 3 heterocycles. The summed E-state index contributed by atoms with van der Waals surface area (Å²) in [6.45, 7) is 0. The van der Waals surface area contributed by atoms with E-state index < -0.39 is 18.2 Å². The van der Waals surface area contributed by atoms with Gasteiger partial charge in [-0.3, -0.25) is 0 Å². The highest BCUT2D eigenvalue weighted by Crippen LogP contribution is 2.34. The quantitative estimate of drug-likeness (QED) is 0.369. The predicted octanol–water partition coefficient (Wildman–Crippen LogP) is 2.44. The molecule has 0 radical (unpaired) electrons. The van der Waals surface area contributed by atoms with Crippen molar-refractivity contribution in [1.82, 2.24) is 19.5 Å². The summed E-state index contributed by atoms with van der Waals surface area (Å²) in [7, 11) is 1.85. The highest BCUT2D eigenvalue weighted by Gasteiger charge is 2.36. The third-order valence-electron chi connectivity index (χ3n) is 6.01. The van der Waals surface area contributed by atoms with Gasteiger partial charge < -0.3 is 25.8 Å². The molecule has 0 spiro atoms. The minimum Gasteiger partial charge on any atom is -0.388 e. The molecule has 0 fully saturated rings. The number of anilines is 2. The fourth-order valence-electron chi connectivity index (χ4n) is 4.28. The Kier molecular flexibility index (Phi) is 4.80. The number of nitrogen functional groups attached to an aromatic ring is 1. The fourth-order valence-corrected chi connectivity index (χ4v) is 4.28. The van der Waals surface area contributed by atoms with Crippen LogP contribution in [0, 0.1) is 0 Å². The zero-order valence-electron chi connectivity index (χ0n) is 17.1. The fraction of sp³-hybridized carbons (Fsp3) is 0.261. The molecular weight excluding hydrogens is 392 g/mol. The Bertz CT molecular complexity index is 1300. The van der Waals surface area contributed by atoms with Crippen molar-refractivity contribution in [2.45, 2.75) is 31.1 Å². The van der Waals surface area contributed by atoms with E-state index in [-0.39, 0.29) is 0 Å². The lowest BCUT2D eigenvalue weighted by molar-refractivity contribution is 0.0317. The van der Waals surface area contributed by atoms with Gasteiger partial charge in [-0.25, -0.2) is 15.0 Å². The summed E-state index contributed by atoms with van der Waals surface area (Å²) in [5, 5.41) is 26.2. The van der Waals surface area contributed by atoms with E-state index in [1.807, 2.05) is 42.1 Å². The molecule has 0 amide bonds. The molecule has 0 aliphatic heterocycles. The van der Waals surface area contributed by atoms with Crippen molar-refractivity contribution in [3.05, 3.63) is 66.1 Å². The smallest absolute Gasteiger partial charge is 0.146 e. The molecule has 31 heavy (non-hydrogen) atoms. The van der Waals surface area contributed by atoms with Gasteiger partial charge in [0.25, 0.3) is 0 Å². The van der Waals surface area contributed by atoms with Gasteiger partial charge in [-0.15, -0.1) is 0 Å². The lowest BCUT2D eigenvalue weighted by atomic mass is 10.0. The Morgan fingerprint density at radius 3 is 2.77 bits per heavy atom. The highest BCUT2D eigenvalue weighted by atomic mass is 16.3. The third kappa shape index (κ3) is 3.39. The molecule has 1 aliphatic carbocycles. The number of aliphatic hydroxyl groups is 2. The van der Waals surface area contributed by atoms with Gasteiger partial charge in [-0.1, -0.05) is 18.2 Å². The summed E-state index contributed by atoms with van der Waals surface area (Å²) in [5.74, 6) is 1.22. The zero-order valence-corrected chi connectivity index (χ0v) is 17.1. The van der Waals surface area contributed by atoms with Crippen LogP contribution in [0.1, 0.15) is 18.0 Å². The van der Waals surface area contributed by atoms with E-state index in [4.69, 9.17) is 5.73 Å². The van der Waals surface area contributed by atoms with Gasteiger partial charge in [0.05, 0.1) is 16.9 Å². The summed E-state index contributed by atoms with van der Waals surface area (Å²) in [6, 6.07) is 11.6. The Balaban J connectivity index is 1.39. The summed E-state index contributed by atoms with van der Waals surface area (Å²) >= 11 is 0. The molecule has 8 heteroatoms. The highest BCUT2D eigenvalue weighted by molar-refractivity contribution is 5.86. The van der Waals surface area contributed by atoms with Crippen LogP contribution in [0.15, 0.2) is 60.6 Å². The molecule has 0 bridgehead atoms. The molecule has 0 saturated carbocycles. The maximum Gasteiger partial charge on any atom is 0.146 e. The van der Waals surface area contributed by atoms with Crippen molar-refractivity contribution in [2.75, 3.05) is 18.1 Å². The number of fused-ring (bicyclic) bond motifs is 2. The normalized spacial score (nSPS) is 21.0. The lowest BCUT2D eigenvalue weighted by Crippen LogP contribution is -2.29. The van der Waals surface area contributed by atoms with Crippen LogP contribution in [0.4, 0.5) is 11.6 Å². The molecule has 5 N–H and O–H groups in total. The predicted molar refractivity (Wildman–Crippen MR) is 121 cm³/mol. The maximum atomic E-state index is 10.7. The van der Waals surface area contributed by atoms with Crippen molar-refractivity contribution in [1.29, 1.82) is 0 Å². The van der Waals surface area contributed by atoms with E-state index in [0.717, 1.165) is 39.7 Å². The monoisotopic (exact) mass is 416 g/mol. The van der Waals surface area contributed by atoms with Crippen molar-refractivity contribution in [3.8, 4) is 0 Å². The first kappa shape index (κ1) is 19.5. The summed E-state index contributed by atoms with van der Waals surface area (Å²) in [6.07, 6.45) is 4.68. The van der Waals surface area contributed by atoms with E-state index in [1.54, 1.807) is 0 Å². The molecule has 158 valence electrons. The average Bonchev–Trinajstić information content (AvgIpc) is 3.34. The number of nitrogens with zero attached hydrogens (tertiary/aromatic N) is 4. The van der Waals surface area contributed by atoms with Crippen molar-refractivity contribution in [2.24, 2.45) is 0 Å². The second kappa shape index (κ2) is 7.64. The van der Waals surface area contributed by atoms with Crippen LogP contribution in [-0.2, 0) is 6.42 Å². The number of rotatable bonds is 5. The Morgan fingerprint density at radius 1 is 1.10 bits per heavy atom. The number of pyridine rings is 1. The second-order valence-corrected chi connectivity index (χ2v) is 7.86. The average molecular weight is 416 g/mol. The van der Waals surface area contributed by atoms with Crippen LogP contribution in [0.25, 0.3) is 21.9 Å². The number of benzene rings is 1. The molecule has 5 rings (SSSR count). The number of aryl methyl sites for hydroxylation is 1. The van der Waals surface area contributed by atoms with Crippen LogP contribution < -0.4 is 11.1 Å². The minimum atomic E-state index is -0.946. The van der Waals surface area contributed by atoms with E-state index in [2.05, 4.69) is 38.5 Å². The topological polar surface area (TPSA) is 122 Å². The second-order valence-electron chi connectivity index (χ2n) is 7.86. The number of aromatic nitrogens is 4. The van der Waals surface area contributed by atoms with Crippen molar-refractivity contribution in [3.63, 3.8) is 0 Å². The van der Waals surface area contributed by atoms with Crippen LogP contribution in [0.5, 0.6) is 0 Å². The van der Waals surface area contributed by atoms with Gasteiger partial charge in [0.1, 0.15) is 35.8 Å². The van der Waals surface area contributed by atoms with Crippen molar-refractivity contribution >= 4 is 33.6 Å². The first-order valence-electron chi connectivity index (χ1n) is 10.3. The van der Waals surface area contributed by atoms with Gasteiger partial charge in [0, 0.05) is 18.6 Å². The number of hydrogen-bond donors (Lipinski definition) is 4. The Hall–Kier alpha value is -3.49. The number of aliphatic hydroxyl groups excluding tert-OH is 2. The van der Waals surface area contributed by atoms with E-state index in [0.29, 0.717) is 17.9 Å². The van der Waals surface area contributed by atoms with E-state index in [9.17, 15) is 10.2 Å². The molecule has 1 aliphatic rings. The molecule has 8 nitrogen and oxygen atoms in total. The molecular formula is C23H24N6O2. The minimum absolute atomic E-state index is 0.396. The SMILES string of the molecule is CNc1ccc2ccc(CCC3=CC(n4ccc5c(N)ncnc54)C(O)C3O)cc2n1. The van der Waals surface area contributed by atoms with E-state index in [1.165, 1.54) is 6.33 Å². The van der Waals surface area contributed by atoms with Gasteiger partial charge in [-0.05, 0) is 48.2 Å². The third-order valence-corrected chi connectivity index (χ3v) is 6.01. The standard InChI is InChI=1S/C23H24N6O2/c1-25-19-7-6-14-4-2-13(10-17(14)28-19)3-5-15-11-18(21(31)20(15)30)29-9-8-16-22(24)26-12-27-23(16)29/h2,4,6-12,18,20-21,30-31H,3,5H2,1H3,(H,25,28)(H2,24,26,27). The van der Waals surface area contributed by atoms with Gasteiger partial charge in [-0.2, -0.15) is 0 Å². The number of nitrogens with one attached hydrogen (secondary N) is 1. The van der Waals surface area contributed by atoms with E-state index >= 15 is 0 Å². The summed E-state index contributed by atoms with van der Waals surface area (Å²) < 4.78 is 1.84. The largest absolute Gasteiger partial charge is 0.388 e. The van der Waals surface area contributed by atoms with Gasteiger partial charge in [0.2, 0.25) is 0 Å². The lowest BCUT2D eigenvalue weighted by Gasteiger charge is -2.19. The molecule has 1 aromatic carbocycles. The Morgan fingerprint density at radius 2 is 1.94 bits per heavy atom. The summed E-state index contributed by atoms with van der Waals surface area (Å²) in [4.78, 5) is 12.9. The molecule has 3 unspecified atom stereocenters. The number of nitrogens with two attached hydrogens (primary N) is 1. The van der Waals surface area contributed by atoms with Crippen molar-refractivity contribution < 1.29 is 10.2 Å². The van der Waals surface area contributed by atoms with Crippen LogP contribution >= 0.6 is 0 Å². The van der Waals surface area contributed by atoms with Crippen LogP contribution in [0.2, 0.25) is 0 Å². The molecule has 0 saturated heterocycles. The Labute approximate surface area is 179 Å². The molecule has 3 aromatic heterocycles. The number of hydrogen-bond acceptors (Lipinski definition) is 7. The summed E-state index contributed by atoms with van der Waals surface area (Å²) in [5.41, 5.74) is 9.45.